The summed E-state index contributed by atoms with van der Waals surface area (Å²) in [5.74, 6) is 0. The fourth-order valence-electron chi connectivity index (χ4n) is 2.50. The van der Waals surface area contributed by atoms with Crippen molar-refractivity contribution in [3.05, 3.63) is 16.5 Å². The third kappa shape index (κ3) is 4.28. The van der Waals surface area contributed by atoms with Crippen LogP contribution in [-0.4, -0.2) is 31.9 Å². The van der Waals surface area contributed by atoms with Crippen LogP contribution in [0.4, 0.5) is 0 Å². The lowest BCUT2D eigenvalue weighted by molar-refractivity contribution is 0.425. The van der Waals surface area contributed by atoms with Crippen LogP contribution in [0.2, 0.25) is 0 Å². The van der Waals surface area contributed by atoms with Crippen molar-refractivity contribution >= 4 is 21.4 Å². The van der Waals surface area contributed by atoms with Gasteiger partial charge in [0.05, 0.1) is 0 Å². The van der Waals surface area contributed by atoms with Gasteiger partial charge in [-0.3, -0.25) is 0 Å². The minimum atomic E-state index is -3.30. The first kappa shape index (κ1) is 16.9. The van der Waals surface area contributed by atoms with Gasteiger partial charge >= 0.3 is 0 Å². The van der Waals surface area contributed by atoms with E-state index in [4.69, 9.17) is 0 Å². The number of hydrogen-bond acceptors (Lipinski definition) is 4. The molecule has 1 aliphatic heterocycles. The van der Waals surface area contributed by atoms with Crippen LogP contribution in [0.1, 0.15) is 50.0 Å². The van der Waals surface area contributed by atoms with Crippen LogP contribution in [0.5, 0.6) is 0 Å². The Balaban J connectivity index is 2.17. The molecule has 1 aromatic heterocycles. The zero-order valence-electron chi connectivity index (χ0n) is 13.2. The Morgan fingerprint density at radius 3 is 2.43 bits per heavy atom. The first-order valence-corrected chi connectivity index (χ1v) is 10.00. The zero-order valence-corrected chi connectivity index (χ0v) is 14.8. The maximum absolute atomic E-state index is 12.8. The molecule has 1 N–H and O–H groups in total. The highest BCUT2D eigenvalue weighted by atomic mass is 32.2. The van der Waals surface area contributed by atoms with Gasteiger partial charge in [0.25, 0.3) is 10.0 Å². The van der Waals surface area contributed by atoms with Crippen molar-refractivity contribution < 1.29 is 8.42 Å². The predicted octanol–water partition coefficient (Wildman–Crippen LogP) is 3.12. The molecular weight excluding hydrogens is 304 g/mol. The van der Waals surface area contributed by atoms with Crippen LogP contribution < -0.4 is 5.32 Å². The fourth-order valence-corrected chi connectivity index (χ4v) is 5.71. The summed E-state index contributed by atoms with van der Waals surface area (Å²) in [7, 11) is -3.30. The van der Waals surface area contributed by atoms with Crippen molar-refractivity contribution in [2.24, 2.45) is 0 Å². The second kappa shape index (κ2) is 7.22. The highest BCUT2D eigenvalue weighted by Gasteiger charge is 2.27. The molecule has 0 unspecified atom stereocenters. The van der Waals surface area contributed by atoms with E-state index in [0.717, 1.165) is 42.7 Å². The van der Waals surface area contributed by atoms with E-state index >= 15 is 0 Å². The van der Waals surface area contributed by atoms with E-state index in [1.807, 2.05) is 13.0 Å². The van der Waals surface area contributed by atoms with Crippen molar-refractivity contribution in [2.75, 3.05) is 13.1 Å². The quantitative estimate of drug-likeness (QED) is 0.902. The molecule has 0 spiro atoms. The number of nitrogens with zero attached hydrogens (tertiary/aromatic N) is 1. The molecule has 0 bridgehead atoms. The van der Waals surface area contributed by atoms with E-state index < -0.39 is 10.0 Å². The molecule has 0 aliphatic carbocycles. The lowest BCUT2D eigenvalue weighted by Gasteiger charge is -2.18. The molecule has 1 aromatic rings. The molecular formula is C15H26N2O2S2. The summed E-state index contributed by atoms with van der Waals surface area (Å²) in [6.07, 6.45) is 4.23. The summed E-state index contributed by atoms with van der Waals surface area (Å²) in [5, 5.41) is 3.36. The highest BCUT2D eigenvalue weighted by Crippen LogP contribution is 2.29. The van der Waals surface area contributed by atoms with Gasteiger partial charge in [0.1, 0.15) is 4.21 Å². The zero-order chi connectivity index (χ0) is 15.5. The van der Waals surface area contributed by atoms with Crippen molar-refractivity contribution in [1.29, 1.82) is 0 Å². The monoisotopic (exact) mass is 330 g/mol. The Morgan fingerprint density at radius 1 is 1.24 bits per heavy atom. The van der Waals surface area contributed by atoms with Gasteiger partial charge in [-0.05, 0) is 31.4 Å². The standard InChI is InChI=1S/C15H26N2O2S2/c1-12(2)16-11-14-13(3)10-15(20-14)21(18,19)17-8-6-4-5-7-9-17/h10,12,16H,4-9,11H2,1-3H3. The first-order valence-electron chi connectivity index (χ1n) is 7.74. The van der Waals surface area contributed by atoms with Crippen molar-refractivity contribution in [1.82, 2.24) is 9.62 Å². The van der Waals surface area contributed by atoms with E-state index in [1.54, 1.807) is 4.31 Å². The third-order valence-electron chi connectivity index (χ3n) is 3.83. The van der Waals surface area contributed by atoms with Crippen LogP contribution in [0.15, 0.2) is 10.3 Å². The van der Waals surface area contributed by atoms with Crippen LogP contribution in [-0.2, 0) is 16.6 Å². The molecule has 21 heavy (non-hydrogen) atoms. The maximum atomic E-state index is 12.8. The number of thiophene rings is 1. The second-order valence-corrected chi connectivity index (χ2v) is 9.33. The Kier molecular flexibility index (Phi) is 5.82. The molecule has 1 aliphatic rings. The molecule has 2 heterocycles. The van der Waals surface area contributed by atoms with Crippen LogP contribution in [0, 0.1) is 6.92 Å². The van der Waals surface area contributed by atoms with Gasteiger partial charge in [0, 0.05) is 30.6 Å². The van der Waals surface area contributed by atoms with E-state index in [9.17, 15) is 8.42 Å². The Morgan fingerprint density at radius 2 is 1.86 bits per heavy atom. The number of sulfonamides is 1. The average molecular weight is 331 g/mol. The van der Waals surface area contributed by atoms with Gasteiger partial charge in [0.2, 0.25) is 0 Å². The highest BCUT2D eigenvalue weighted by molar-refractivity contribution is 7.91. The van der Waals surface area contributed by atoms with Crippen molar-refractivity contribution in [3.63, 3.8) is 0 Å². The summed E-state index contributed by atoms with van der Waals surface area (Å²) in [6, 6.07) is 2.24. The molecule has 120 valence electrons. The van der Waals surface area contributed by atoms with Gasteiger partial charge in [-0.25, -0.2) is 8.42 Å². The first-order chi connectivity index (χ1) is 9.91. The van der Waals surface area contributed by atoms with Gasteiger partial charge in [-0.1, -0.05) is 26.7 Å². The van der Waals surface area contributed by atoms with Gasteiger partial charge in [-0.15, -0.1) is 11.3 Å². The minimum absolute atomic E-state index is 0.400. The Bertz CT molecular complexity index is 556. The molecule has 0 atom stereocenters. The van der Waals surface area contributed by atoms with Gasteiger partial charge in [0.15, 0.2) is 0 Å². The minimum Gasteiger partial charge on any atom is -0.310 e. The molecule has 0 aromatic carbocycles. The van der Waals surface area contributed by atoms with E-state index in [1.165, 1.54) is 11.3 Å². The molecule has 0 saturated carbocycles. The summed E-state index contributed by atoms with van der Waals surface area (Å²) < 4.78 is 27.7. The fraction of sp³-hybridized carbons (Fsp3) is 0.733. The van der Waals surface area contributed by atoms with E-state index in [-0.39, 0.29) is 0 Å². The van der Waals surface area contributed by atoms with Gasteiger partial charge < -0.3 is 5.32 Å². The number of aryl methyl sites for hydroxylation is 1. The number of hydrogen-bond donors (Lipinski definition) is 1. The van der Waals surface area contributed by atoms with Crippen LogP contribution in [0.3, 0.4) is 0 Å². The molecule has 0 radical (unpaired) electrons. The summed E-state index contributed by atoms with van der Waals surface area (Å²) in [4.78, 5) is 1.12. The summed E-state index contributed by atoms with van der Waals surface area (Å²) in [6.45, 7) is 8.26. The molecule has 1 saturated heterocycles. The Hall–Kier alpha value is -0.430. The second-order valence-electron chi connectivity index (χ2n) is 6.03. The van der Waals surface area contributed by atoms with Gasteiger partial charge in [-0.2, -0.15) is 4.31 Å². The third-order valence-corrected chi connectivity index (χ3v) is 7.41. The van der Waals surface area contributed by atoms with Crippen molar-refractivity contribution in [2.45, 2.75) is 63.3 Å². The van der Waals surface area contributed by atoms with Crippen LogP contribution in [0.25, 0.3) is 0 Å². The van der Waals surface area contributed by atoms with E-state index in [0.29, 0.717) is 23.3 Å². The topological polar surface area (TPSA) is 49.4 Å². The van der Waals surface area contributed by atoms with Crippen molar-refractivity contribution in [3.8, 4) is 0 Å². The molecule has 1 fully saturated rings. The lowest BCUT2D eigenvalue weighted by Crippen LogP contribution is -2.31. The Labute approximate surface area is 132 Å². The smallest absolute Gasteiger partial charge is 0.252 e. The summed E-state index contributed by atoms with van der Waals surface area (Å²) in [5.41, 5.74) is 1.07. The summed E-state index contributed by atoms with van der Waals surface area (Å²) >= 11 is 1.42. The predicted molar refractivity (Wildman–Crippen MR) is 88.3 cm³/mol. The number of nitrogens with one attached hydrogen (secondary N) is 1. The SMILES string of the molecule is Cc1cc(S(=O)(=O)N2CCCCCC2)sc1CNC(C)C. The lowest BCUT2D eigenvalue weighted by atomic mass is 10.2. The average Bonchev–Trinajstić information content (AvgIpc) is 2.65. The molecule has 4 nitrogen and oxygen atoms in total. The largest absolute Gasteiger partial charge is 0.310 e. The normalized spacial score (nSPS) is 18.1. The molecule has 2 rings (SSSR count). The van der Waals surface area contributed by atoms with E-state index in [2.05, 4.69) is 19.2 Å². The molecule has 0 amide bonds. The maximum Gasteiger partial charge on any atom is 0.252 e. The number of rotatable bonds is 5. The van der Waals surface area contributed by atoms with Crippen LogP contribution >= 0.6 is 11.3 Å². The molecule has 6 heteroatoms.